The average molecular weight is 310 g/mol. The van der Waals surface area contributed by atoms with Gasteiger partial charge in [0, 0.05) is 16.0 Å². The van der Waals surface area contributed by atoms with Gasteiger partial charge in [0.2, 0.25) is 0 Å². The van der Waals surface area contributed by atoms with Gasteiger partial charge in [-0.1, -0.05) is 41.4 Å². The second-order valence-corrected chi connectivity index (χ2v) is 5.29. The zero-order valence-electron chi connectivity index (χ0n) is 10.2. The van der Waals surface area contributed by atoms with Gasteiger partial charge in [0.25, 0.3) is 0 Å². The number of benzene rings is 2. The molecule has 2 N–H and O–H groups in total. The molecule has 102 valence electrons. The van der Waals surface area contributed by atoms with E-state index >= 15 is 0 Å². The van der Waals surface area contributed by atoms with E-state index in [1.54, 1.807) is 24.3 Å². The highest BCUT2D eigenvalue weighted by molar-refractivity contribution is 6.34. The van der Waals surface area contributed by atoms with Gasteiger partial charge >= 0.3 is 0 Å². The van der Waals surface area contributed by atoms with Crippen LogP contribution >= 0.6 is 23.2 Å². The summed E-state index contributed by atoms with van der Waals surface area (Å²) >= 11 is 11.8. The lowest BCUT2D eigenvalue weighted by molar-refractivity contribution is 0.510. The first-order chi connectivity index (χ1) is 9.56. The number of para-hydroxylation sites is 1. The van der Waals surface area contributed by atoms with Gasteiger partial charge in [-0.05, 0) is 24.3 Å². The largest absolute Gasteiger partial charge is 0.457 e. The number of hydrogen-bond donors (Lipinski definition) is 1. The highest BCUT2D eigenvalue weighted by Gasteiger charge is 2.18. The third-order valence-corrected chi connectivity index (χ3v) is 3.65. The lowest BCUT2D eigenvalue weighted by Crippen LogP contribution is -2.12. The second-order valence-electron chi connectivity index (χ2n) is 4.45. The Morgan fingerprint density at radius 1 is 1.10 bits per heavy atom. The number of halogens is 3. The quantitative estimate of drug-likeness (QED) is 0.729. The predicted molar refractivity (Wildman–Crippen MR) is 78.7 cm³/mol. The standard InChI is InChI=1S/C15H10Cl2FNO/c16-9-4-5-10(12(18)7-9)14(19)13-6-8-2-1-3-11(17)15(8)20-13/h1-7,14H,19H2. The molecule has 2 nitrogen and oxygen atoms in total. The maximum absolute atomic E-state index is 13.9. The summed E-state index contributed by atoms with van der Waals surface area (Å²) in [6.07, 6.45) is 0. The molecular formula is C15H10Cl2FNO. The average Bonchev–Trinajstić information content (AvgIpc) is 2.83. The van der Waals surface area contributed by atoms with E-state index in [0.29, 0.717) is 27.0 Å². The molecule has 1 aromatic heterocycles. The van der Waals surface area contributed by atoms with Crippen LogP contribution in [0.5, 0.6) is 0 Å². The molecule has 5 heteroatoms. The minimum atomic E-state index is -0.712. The summed E-state index contributed by atoms with van der Waals surface area (Å²) in [5.41, 5.74) is 6.93. The van der Waals surface area contributed by atoms with E-state index in [0.717, 1.165) is 5.39 Å². The number of hydrogen-bond acceptors (Lipinski definition) is 2. The fourth-order valence-electron chi connectivity index (χ4n) is 2.11. The molecule has 1 heterocycles. The van der Waals surface area contributed by atoms with E-state index in [2.05, 4.69) is 0 Å². The van der Waals surface area contributed by atoms with Crippen LogP contribution in [0.1, 0.15) is 17.4 Å². The van der Waals surface area contributed by atoms with Gasteiger partial charge in [0.15, 0.2) is 5.58 Å². The Bertz CT molecular complexity index is 785. The first-order valence-electron chi connectivity index (χ1n) is 5.95. The van der Waals surface area contributed by atoms with Crippen LogP contribution in [-0.4, -0.2) is 0 Å². The molecule has 0 saturated heterocycles. The molecule has 0 aliphatic carbocycles. The van der Waals surface area contributed by atoms with Crippen LogP contribution < -0.4 is 5.73 Å². The molecule has 2 aromatic carbocycles. The highest BCUT2D eigenvalue weighted by atomic mass is 35.5. The molecule has 3 aromatic rings. The molecule has 3 rings (SSSR count). The first kappa shape index (κ1) is 13.4. The van der Waals surface area contributed by atoms with Crippen LogP contribution in [0.4, 0.5) is 4.39 Å². The van der Waals surface area contributed by atoms with Gasteiger partial charge in [0.1, 0.15) is 11.6 Å². The maximum Gasteiger partial charge on any atom is 0.152 e. The first-order valence-corrected chi connectivity index (χ1v) is 6.70. The molecule has 0 spiro atoms. The second kappa shape index (κ2) is 5.09. The minimum Gasteiger partial charge on any atom is -0.457 e. The Labute approximate surface area is 124 Å². The van der Waals surface area contributed by atoms with Gasteiger partial charge in [-0.2, -0.15) is 0 Å². The van der Waals surface area contributed by atoms with E-state index in [1.807, 2.05) is 12.1 Å². The lowest BCUT2D eigenvalue weighted by Gasteiger charge is -2.10. The predicted octanol–water partition coefficient (Wildman–Crippen LogP) is 4.93. The Hall–Kier alpha value is -1.55. The smallest absolute Gasteiger partial charge is 0.152 e. The van der Waals surface area contributed by atoms with Crippen molar-refractivity contribution in [2.75, 3.05) is 0 Å². The van der Waals surface area contributed by atoms with Crippen LogP contribution in [0.3, 0.4) is 0 Å². The topological polar surface area (TPSA) is 39.2 Å². The molecule has 0 fully saturated rings. The van der Waals surface area contributed by atoms with Gasteiger partial charge in [-0.3, -0.25) is 0 Å². The number of furan rings is 1. The molecule has 20 heavy (non-hydrogen) atoms. The van der Waals surface area contributed by atoms with Gasteiger partial charge < -0.3 is 10.2 Å². The third kappa shape index (κ3) is 2.29. The Morgan fingerprint density at radius 2 is 1.90 bits per heavy atom. The number of nitrogens with two attached hydrogens (primary N) is 1. The van der Waals surface area contributed by atoms with E-state index in [4.69, 9.17) is 33.4 Å². The van der Waals surface area contributed by atoms with E-state index < -0.39 is 11.9 Å². The number of rotatable bonds is 2. The van der Waals surface area contributed by atoms with Crippen LogP contribution in [0, 0.1) is 5.82 Å². The molecule has 0 aliphatic heterocycles. The van der Waals surface area contributed by atoms with E-state index in [9.17, 15) is 4.39 Å². The monoisotopic (exact) mass is 309 g/mol. The molecule has 0 saturated carbocycles. The Morgan fingerprint density at radius 3 is 2.60 bits per heavy atom. The third-order valence-electron chi connectivity index (χ3n) is 3.12. The minimum absolute atomic E-state index is 0.324. The van der Waals surface area contributed by atoms with Gasteiger partial charge in [0.05, 0.1) is 11.1 Å². The van der Waals surface area contributed by atoms with Crippen molar-refractivity contribution in [3.8, 4) is 0 Å². The van der Waals surface area contributed by atoms with Crippen molar-refractivity contribution in [3.05, 3.63) is 69.7 Å². The summed E-state index contributed by atoms with van der Waals surface area (Å²) in [6, 6.07) is 10.8. The highest BCUT2D eigenvalue weighted by Crippen LogP contribution is 2.32. The van der Waals surface area contributed by atoms with Crippen LogP contribution in [0.15, 0.2) is 46.9 Å². The van der Waals surface area contributed by atoms with Crippen molar-refractivity contribution in [3.63, 3.8) is 0 Å². The summed E-state index contributed by atoms with van der Waals surface area (Å²) < 4.78 is 19.5. The van der Waals surface area contributed by atoms with Gasteiger partial charge in [-0.15, -0.1) is 0 Å². The summed E-state index contributed by atoms with van der Waals surface area (Å²) in [6.45, 7) is 0. The number of fused-ring (bicyclic) bond motifs is 1. The van der Waals surface area contributed by atoms with Crippen molar-refractivity contribution in [2.24, 2.45) is 5.73 Å². The summed E-state index contributed by atoms with van der Waals surface area (Å²) in [5, 5.41) is 1.65. The van der Waals surface area contributed by atoms with Crippen molar-refractivity contribution in [1.29, 1.82) is 0 Å². The molecule has 1 unspecified atom stereocenters. The molecule has 0 aliphatic rings. The van der Waals surface area contributed by atoms with Crippen molar-refractivity contribution in [2.45, 2.75) is 6.04 Å². The van der Waals surface area contributed by atoms with E-state index in [1.165, 1.54) is 6.07 Å². The molecule has 0 radical (unpaired) electrons. The van der Waals surface area contributed by atoms with E-state index in [-0.39, 0.29) is 0 Å². The van der Waals surface area contributed by atoms with Crippen molar-refractivity contribution < 1.29 is 8.81 Å². The SMILES string of the molecule is NC(c1cc2cccc(Cl)c2o1)c1ccc(Cl)cc1F. The summed E-state index contributed by atoms with van der Waals surface area (Å²) in [4.78, 5) is 0. The fraction of sp³-hybridized carbons (Fsp3) is 0.0667. The normalized spacial score (nSPS) is 12.8. The lowest BCUT2D eigenvalue weighted by atomic mass is 10.0. The Balaban J connectivity index is 2.08. The maximum atomic E-state index is 13.9. The van der Waals surface area contributed by atoms with Crippen molar-refractivity contribution >= 4 is 34.2 Å². The molecule has 0 amide bonds. The summed E-state index contributed by atoms with van der Waals surface area (Å²) in [5.74, 6) is -0.00845. The molecular weight excluding hydrogens is 300 g/mol. The zero-order chi connectivity index (χ0) is 14.3. The Kier molecular flexibility index (Phi) is 3.42. The fourth-order valence-corrected chi connectivity index (χ4v) is 2.49. The molecule has 0 bridgehead atoms. The van der Waals surface area contributed by atoms with Gasteiger partial charge in [-0.25, -0.2) is 4.39 Å². The van der Waals surface area contributed by atoms with Crippen LogP contribution in [-0.2, 0) is 0 Å². The summed E-state index contributed by atoms with van der Waals surface area (Å²) in [7, 11) is 0. The van der Waals surface area contributed by atoms with Crippen LogP contribution in [0.2, 0.25) is 10.0 Å². The molecule has 1 atom stereocenters. The van der Waals surface area contributed by atoms with Crippen molar-refractivity contribution in [1.82, 2.24) is 0 Å². The van der Waals surface area contributed by atoms with Crippen LogP contribution in [0.25, 0.3) is 11.0 Å². The zero-order valence-corrected chi connectivity index (χ0v) is 11.8.